The van der Waals surface area contributed by atoms with Gasteiger partial charge in [-0.2, -0.15) is 0 Å². The van der Waals surface area contributed by atoms with Gasteiger partial charge in [0, 0.05) is 12.1 Å². The number of hydrogen-bond acceptors (Lipinski definition) is 4. The van der Waals surface area contributed by atoms with Crippen molar-refractivity contribution in [2.24, 2.45) is 0 Å². The van der Waals surface area contributed by atoms with Crippen molar-refractivity contribution in [2.45, 2.75) is 32.0 Å². The molecule has 3 aromatic rings. The molecule has 0 heterocycles. The Morgan fingerprint density at radius 3 is 1.97 bits per heavy atom. The highest BCUT2D eigenvalue weighted by molar-refractivity contribution is 5.97. The molecule has 2 N–H and O–H groups in total. The van der Waals surface area contributed by atoms with Crippen molar-refractivity contribution in [1.29, 1.82) is 0 Å². The van der Waals surface area contributed by atoms with E-state index in [1.807, 2.05) is 36.4 Å². The fourth-order valence-corrected chi connectivity index (χ4v) is 3.16. The van der Waals surface area contributed by atoms with Gasteiger partial charge in [0.15, 0.2) is 12.1 Å². The van der Waals surface area contributed by atoms with E-state index >= 15 is 0 Å². The van der Waals surface area contributed by atoms with E-state index in [9.17, 15) is 14.4 Å². The van der Waals surface area contributed by atoms with Crippen molar-refractivity contribution in [3.8, 4) is 0 Å². The first-order chi connectivity index (χ1) is 15.6. The topological polar surface area (TPSA) is 84.5 Å². The average molecular weight is 431 g/mol. The van der Waals surface area contributed by atoms with E-state index in [1.165, 1.54) is 0 Å². The normalized spacial score (nSPS) is 12.3. The molecule has 6 heteroatoms. The van der Waals surface area contributed by atoms with Crippen molar-refractivity contribution >= 4 is 17.8 Å². The Morgan fingerprint density at radius 2 is 1.38 bits per heavy atom. The number of carbonyl (C=O) groups is 3. The Morgan fingerprint density at radius 1 is 0.812 bits per heavy atom. The number of nitrogens with one attached hydrogen (secondary N) is 2. The van der Waals surface area contributed by atoms with Gasteiger partial charge in [0.2, 0.25) is 0 Å². The maximum atomic E-state index is 13.0. The third kappa shape index (κ3) is 6.28. The van der Waals surface area contributed by atoms with Gasteiger partial charge >= 0.3 is 5.97 Å². The monoisotopic (exact) mass is 430 g/mol. The highest BCUT2D eigenvalue weighted by Crippen LogP contribution is 2.17. The van der Waals surface area contributed by atoms with Crippen molar-refractivity contribution in [3.05, 3.63) is 108 Å². The van der Waals surface area contributed by atoms with Crippen LogP contribution in [0.15, 0.2) is 91.0 Å². The van der Waals surface area contributed by atoms with Gasteiger partial charge in [-0.3, -0.25) is 9.59 Å². The molecule has 6 nitrogen and oxygen atoms in total. The molecule has 0 fully saturated rings. The second-order valence-electron chi connectivity index (χ2n) is 7.22. The molecule has 0 aliphatic heterocycles. The molecule has 0 saturated carbocycles. The van der Waals surface area contributed by atoms with Crippen LogP contribution in [-0.4, -0.2) is 23.9 Å². The molecule has 32 heavy (non-hydrogen) atoms. The van der Waals surface area contributed by atoms with Gasteiger partial charge in [0.1, 0.15) is 0 Å². The highest BCUT2D eigenvalue weighted by Gasteiger charge is 2.29. The summed E-state index contributed by atoms with van der Waals surface area (Å²) < 4.78 is 5.54. The van der Waals surface area contributed by atoms with Crippen LogP contribution in [0.2, 0.25) is 0 Å². The van der Waals surface area contributed by atoms with E-state index in [0.717, 1.165) is 5.56 Å². The zero-order valence-electron chi connectivity index (χ0n) is 17.9. The smallest absolute Gasteiger partial charge is 0.334 e. The van der Waals surface area contributed by atoms with Gasteiger partial charge in [0.25, 0.3) is 11.8 Å². The van der Waals surface area contributed by atoms with Gasteiger partial charge < -0.3 is 15.4 Å². The van der Waals surface area contributed by atoms with Gasteiger partial charge in [-0.1, -0.05) is 85.8 Å². The van der Waals surface area contributed by atoms with Crippen LogP contribution in [0, 0.1) is 0 Å². The fraction of sp³-hybridized carbons (Fsp3) is 0.192. The molecule has 164 valence electrons. The molecule has 0 bridgehead atoms. The lowest BCUT2D eigenvalue weighted by molar-refractivity contribution is -0.158. The number of amides is 2. The molecule has 0 aliphatic carbocycles. The van der Waals surface area contributed by atoms with E-state index in [-0.39, 0.29) is 5.91 Å². The molecule has 0 spiro atoms. The van der Waals surface area contributed by atoms with E-state index in [4.69, 9.17) is 4.74 Å². The number of hydrogen-bond donors (Lipinski definition) is 2. The molecule has 3 rings (SSSR count). The van der Waals surface area contributed by atoms with Crippen LogP contribution >= 0.6 is 0 Å². The second kappa shape index (κ2) is 11.5. The minimum absolute atomic E-state index is 0.306. The summed E-state index contributed by atoms with van der Waals surface area (Å²) in [6, 6.07) is 25.9. The predicted octanol–water partition coefficient (Wildman–Crippen LogP) is 3.80. The summed E-state index contributed by atoms with van der Waals surface area (Å²) in [7, 11) is 0. The SMILES string of the molecule is CC[C@H](OC(=O)[C@@H](NC(=O)c1ccccc1)c1ccccc1)C(=O)NCc1ccccc1. The lowest BCUT2D eigenvalue weighted by Gasteiger charge is -2.22. The quantitative estimate of drug-likeness (QED) is 0.506. The van der Waals surface area contributed by atoms with Crippen LogP contribution in [0.4, 0.5) is 0 Å². The first kappa shape index (κ1) is 22.7. The lowest BCUT2D eigenvalue weighted by atomic mass is 10.1. The highest BCUT2D eigenvalue weighted by atomic mass is 16.5. The average Bonchev–Trinajstić information content (AvgIpc) is 2.85. The van der Waals surface area contributed by atoms with E-state index < -0.39 is 24.0 Å². The molecule has 0 aromatic heterocycles. The maximum absolute atomic E-state index is 13.0. The summed E-state index contributed by atoms with van der Waals surface area (Å²) in [6.45, 7) is 2.10. The Bertz CT molecular complexity index is 1020. The van der Waals surface area contributed by atoms with Gasteiger partial charge in [-0.15, -0.1) is 0 Å². The molecule has 2 amide bonds. The maximum Gasteiger partial charge on any atom is 0.334 e. The molecular formula is C26H26N2O4. The number of rotatable bonds is 9. The summed E-state index contributed by atoms with van der Waals surface area (Å²) in [5, 5.41) is 5.53. The summed E-state index contributed by atoms with van der Waals surface area (Å²) in [5.74, 6) is -1.48. The number of benzene rings is 3. The number of esters is 1. The first-order valence-electron chi connectivity index (χ1n) is 10.5. The molecule has 2 atom stereocenters. The van der Waals surface area contributed by atoms with Crippen LogP contribution in [0.1, 0.15) is 40.9 Å². The molecule has 0 radical (unpaired) electrons. The largest absolute Gasteiger partial charge is 0.450 e. The van der Waals surface area contributed by atoms with Crippen LogP contribution in [-0.2, 0) is 20.9 Å². The van der Waals surface area contributed by atoms with Gasteiger partial charge in [0.05, 0.1) is 0 Å². The minimum Gasteiger partial charge on any atom is -0.450 e. The van der Waals surface area contributed by atoms with Gasteiger partial charge in [-0.05, 0) is 29.7 Å². The summed E-state index contributed by atoms with van der Waals surface area (Å²) in [4.78, 5) is 38.3. The van der Waals surface area contributed by atoms with E-state index in [2.05, 4.69) is 10.6 Å². The fourth-order valence-electron chi connectivity index (χ4n) is 3.16. The zero-order valence-corrected chi connectivity index (χ0v) is 17.9. The number of ether oxygens (including phenoxy) is 1. The van der Waals surface area contributed by atoms with Gasteiger partial charge in [-0.25, -0.2) is 4.79 Å². The summed E-state index contributed by atoms with van der Waals surface area (Å²) in [5.41, 5.74) is 1.94. The molecular weight excluding hydrogens is 404 g/mol. The summed E-state index contributed by atoms with van der Waals surface area (Å²) in [6.07, 6.45) is -0.661. The van der Waals surface area contributed by atoms with Crippen LogP contribution in [0.3, 0.4) is 0 Å². The van der Waals surface area contributed by atoms with Crippen molar-refractivity contribution in [1.82, 2.24) is 10.6 Å². The molecule has 0 aliphatic rings. The van der Waals surface area contributed by atoms with Crippen LogP contribution in [0.5, 0.6) is 0 Å². The summed E-state index contributed by atoms with van der Waals surface area (Å²) >= 11 is 0. The number of carbonyl (C=O) groups excluding carboxylic acids is 3. The Balaban J connectivity index is 1.70. The zero-order chi connectivity index (χ0) is 22.8. The first-order valence-corrected chi connectivity index (χ1v) is 10.5. The third-order valence-electron chi connectivity index (χ3n) is 4.91. The predicted molar refractivity (Wildman–Crippen MR) is 122 cm³/mol. The lowest BCUT2D eigenvalue weighted by Crippen LogP contribution is -2.41. The molecule has 0 saturated heterocycles. The Labute approximate surface area is 187 Å². The third-order valence-corrected chi connectivity index (χ3v) is 4.91. The Hall–Kier alpha value is -3.93. The standard InChI is InChI=1S/C26H26N2O4/c1-2-22(25(30)27-18-19-12-6-3-7-13-19)32-26(31)23(20-14-8-4-9-15-20)28-24(29)21-16-10-5-11-17-21/h3-17,22-23H,2,18H2,1H3,(H,27,30)(H,28,29)/t22-,23-/m0/s1. The van der Waals surface area contributed by atoms with E-state index in [0.29, 0.717) is 24.1 Å². The van der Waals surface area contributed by atoms with Crippen molar-refractivity contribution < 1.29 is 19.1 Å². The van der Waals surface area contributed by atoms with Crippen molar-refractivity contribution in [3.63, 3.8) is 0 Å². The van der Waals surface area contributed by atoms with Crippen LogP contribution in [0.25, 0.3) is 0 Å². The molecule has 0 unspecified atom stereocenters. The van der Waals surface area contributed by atoms with E-state index in [1.54, 1.807) is 61.5 Å². The Kier molecular flexibility index (Phi) is 8.15. The van der Waals surface area contributed by atoms with Crippen molar-refractivity contribution in [2.75, 3.05) is 0 Å². The second-order valence-corrected chi connectivity index (χ2v) is 7.22. The molecule has 3 aromatic carbocycles. The van der Waals surface area contributed by atoms with Crippen LogP contribution < -0.4 is 10.6 Å². The minimum atomic E-state index is -1.04.